The highest BCUT2D eigenvalue weighted by Gasteiger charge is 2.23. The molecule has 0 saturated carbocycles. The Morgan fingerprint density at radius 3 is 2.52 bits per heavy atom. The lowest BCUT2D eigenvalue weighted by Crippen LogP contribution is -2.48. The molecule has 2 N–H and O–H groups in total. The Kier molecular flexibility index (Phi) is 8.71. The quantitative estimate of drug-likeness (QED) is 0.310. The van der Waals surface area contributed by atoms with E-state index in [4.69, 9.17) is 4.74 Å². The first kappa shape index (κ1) is 20.2. The lowest BCUT2D eigenvalue weighted by atomic mass is 10.0. The van der Waals surface area contributed by atoms with Crippen molar-refractivity contribution in [1.29, 1.82) is 0 Å². The van der Waals surface area contributed by atoms with E-state index in [0.717, 1.165) is 51.6 Å². The summed E-state index contributed by atoms with van der Waals surface area (Å²) in [6, 6.07) is 11.5. The van der Waals surface area contributed by atoms with Crippen LogP contribution in [0.1, 0.15) is 24.4 Å². The van der Waals surface area contributed by atoms with E-state index in [-0.39, 0.29) is 24.0 Å². The SMILES string of the molecule is CN=C(NCC(c1ccccc1)N1CCOCC1)NC1CC=CC1.I. The molecule has 0 amide bonds. The van der Waals surface area contributed by atoms with Crippen molar-refractivity contribution in [2.45, 2.75) is 24.9 Å². The van der Waals surface area contributed by atoms with E-state index in [1.807, 2.05) is 7.05 Å². The van der Waals surface area contributed by atoms with Crippen molar-refractivity contribution in [3.8, 4) is 0 Å². The zero-order chi connectivity index (χ0) is 16.6. The maximum atomic E-state index is 5.52. The molecular weight excluding hydrogens is 427 g/mol. The molecule has 1 aliphatic heterocycles. The topological polar surface area (TPSA) is 48.9 Å². The number of aliphatic imine (C=N–C) groups is 1. The van der Waals surface area contributed by atoms with E-state index in [1.54, 1.807) is 0 Å². The fourth-order valence-electron chi connectivity index (χ4n) is 3.34. The van der Waals surface area contributed by atoms with Gasteiger partial charge in [-0.15, -0.1) is 24.0 Å². The number of ether oxygens (including phenoxy) is 1. The second-order valence-corrected chi connectivity index (χ2v) is 6.31. The summed E-state index contributed by atoms with van der Waals surface area (Å²) in [6.45, 7) is 4.40. The summed E-state index contributed by atoms with van der Waals surface area (Å²) in [7, 11) is 1.84. The fourth-order valence-corrected chi connectivity index (χ4v) is 3.34. The zero-order valence-electron chi connectivity index (χ0n) is 14.9. The molecule has 1 heterocycles. The van der Waals surface area contributed by atoms with Crippen LogP contribution in [0.15, 0.2) is 47.5 Å². The van der Waals surface area contributed by atoms with Crippen molar-refractivity contribution in [3.63, 3.8) is 0 Å². The Morgan fingerprint density at radius 2 is 1.88 bits per heavy atom. The van der Waals surface area contributed by atoms with Crippen LogP contribution in [0.2, 0.25) is 0 Å². The summed E-state index contributed by atoms with van der Waals surface area (Å²) in [5.74, 6) is 0.887. The van der Waals surface area contributed by atoms with Gasteiger partial charge in [0.2, 0.25) is 0 Å². The lowest BCUT2D eigenvalue weighted by molar-refractivity contribution is 0.0170. The van der Waals surface area contributed by atoms with Crippen LogP contribution in [-0.2, 0) is 4.74 Å². The lowest BCUT2D eigenvalue weighted by Gasteiger charge is -2.35. The molecule has 138 valence electrons. The van der Waals surface area contributed by atoms with Gasteiger partial charge in [-0.2, -0.15) is 0 Å². The highest BCUT2D eigenvalue weighted by Crippen LogP contribution is 2.21. The number of halogens is 1. The van der Waals surface area contributed by atoms with Gasteiger partial charge in [-0.25, -0.2) is 0 Å². The number of rotatable bonds is 5. The van der Waals surface area contributed by atoms with Gasteiger partial charge in [0, 0.05) is 32.7 Å². The first-order valence-corrected chi connectivity index (χ1v) is 8.85. The minimum Gasteiger partial charge on any atom is -0.379 e. The van der Waals surface area contributed by atoms with Gasteiger partial charge in [0.25, 0.3) is 0 Å². The van der Waals surface area contributed by atoms with Gasteiger partial charge in [0.15, 0.2) is 5.96 Å². The number of nitrogens with one attached hydrogen (secondary N) is 2. The number of hydrogen-bond donors (Lipinski definition) is 2. The van der Waals surface area contributed by atoms with Crippen molar-refractivity contribution in [2.75, 3.05) is 39.9 Å². The molecule has 3 rings (SSSR count). The van der Waals surface area contributed by atoms with Gasteiger partial charge in [-0.05, 0) is 18.4 Å². The summed E-state index contributed by atoms with van der Waals surface area (Å²) in [6.07, 6.45) is 6.61. The van der Waals surface area contributed by atoms with Crippen molar-refractivity contribution in [3.05, 3.63) is 48.0 Å². The summed E-state index contributed by atoms with van der Waals surface area (Å²) in [5, 5.41) is 7.03. The molecule has 1 unspecified atom stereocenters. The minimum atomic E-state index is 0. The van der Waals surface area contributed by atoms with Crippen LogP contribution in [0.3, 0.4) is 0 Å². The molecule has 1 aromatic rings. The number of nitrogens with zero attached hydrogens (tertiary/aromatic N) is 2. The Morgan fingerprint density at radius 1 is 1.20 bits per heavy atom. The van der Waals surface area contributed by atoms with Gasteiger partial charge < -0.3 is 15.4 Å². The maximum Gasteiger partial charge on any atom is 0.191 e. The third-order valence-electron chi connectivity index (χ3n) is 4.71. The van der Waals surface area contributed by atoms with Crippen molar-refractivity contribution < 1.29 is 4.74 Å². The summed E-state index contributed by atoms with van der Waals surface area (Å²) in [5.41, 5.74) is 1.34. The maximum absolute atomic E-state index is 5.52. The molecule has 0 bridgehead atoms. The molecule has 1 aliphatic carbocycles. The van der Waals surface area contributed by atoms with Gasteiger partial charge in [0.1, 0.15) is 0 Å². The molecular formula is C19H29IN4O. The van der Waals surface area contributed by atoms with Crippen LogP contribution in [0.25, 0.3) is 0 Å². The summed E-state index contributed by atoms with van der Waals surface area (Å²) in [4.78, 5) is 6.88. The van der Waals surface area contributed by atoms with Crippen LogP contribution in [-0.4, -0.2) is 56.8 Å². The molecule has 25 heavy (non-hydrogen) atoms. The number of guanidine groups is 1. The van der Waals surface area contributed by atoms with Crippen molar-refractivity contribution in [2.24, 2.45) is 4.99 Å². The second-order valence-electron chi connectivity index (χ2n) is 6.31. The van der Waals surface area contributed by atoms with Gasteiger partial charge >= 0.3 is 0 Å². The minimum absolute atomic E-state index is 0. The Bertz CT molecular complexity index is 550. The molecule has 1 atom stereocenters. The number of hydrogen-bond acceptors (Lipinski definition) is 3. The molecule has 0 aromatic heterocycles. The smallest absolute Gasteiger partial charge is 0.191 e. The zero-order valence-corrected chi connectivity index (χ0v) is 17.2. The van der Waals surface area contributed by atoms with E-state index in [2.05, 4.69) is 63.0 Å². The Hall–Kier alpha value is -1.12. The Balaban J connectivity index is 0.00000225. The first-order chi connectivity index (χ1) is 11.9. The van der Waals surface area contributed by atoms with Gasteiger partial charge in [0.05, 0.1) is 19.3 Å². The van der Waals surface area contributed by atoms with Crippen LogP contribution < -0.4 is 10.6 Å². The predicted molar refractivity (Wildman–Crippen MR) is 114 cm³/mol. The van der Waals surface area contributed by atoms with Gasteiger partial charge in [-0.1, -0.05) is 42.5 Å². The van der Waals surface area contributed by atoms with Crippen molar-refractivity contribution in [1.82, 2.24) is 15.5 Å². The highest BCUT2D eigenvalue weighted by molar-refractivity contribution is 14.0. The molecule has 1 fully saturated rings. The third kappa shape index (κ3) is 5.97. The molecule has 6 heteroatoms. The largest absolute Gasteiger partial charge is 0.379 e. The molecule has 0 spiro atoms. The molecule has 0 radical (unpaired) electrons. The average Bonchev–Trinajstić information content (AvgIpc) is 3.16. The van der Waals surface area contributed by atoms with Crippen molar-refractivity contribution >= 4 is 29.9 Å². The molecule has 1 aromatic carbocycles. The van der Waals surface area contributed by atoms with Crippen LogP contribution in [0, 0.1) is 0 Å². The Labute approximate surface area is 167 Å². The van der Waals surface area contributed by atoms with E-state index < -0.39 is 0 Å². The normalized spacial score (nSPS) is 20.1. The van der Waals surface area contributed by atoms with Crippen LogP contribution in [0.4, 0.5) is 0 Å². The van der Waals surface area contributed by atoms with E-state index in [9.17, 15) is 0 Å². The standard InChI is InChI=1S/C19H28N4O.HI/c1-20-19(22-17-9-5-6-10-17)21-15-18(16-7-3-2-4-8-16)23-11-13-24-14-12-23;/h2-8,17-18H,9-15H2,1H3,(H2,20,21,22);1H. The summed E-state index contributed by atoms with van der Waals surface area (Å²) < 4.78 is 5.52. The van der Waals surface area contributed by atoms with Crippen LogP contribution in [0.5, 0.6) is 0 Å². The molecule has 2 aliphatic rings. The first-order valence-electron chi connectivity index (χ1n) is 8.85. The molecule has 5 nitrogen and oxygen atoms in total. The van der Waals surface area contributed by atoms with E-state index >= 15 is 0 Å². The van der Waals surface area contributed by atoms with Gasteiger partial charge in [-0.3, -0.25) is 9.89 Å². The van der Waals surface area contributed by atoms with Crippen LogP contribution >= 0.6 is 24.0 Å². The summed E-state index contributed by atoms with van der Waals surface area (Å²) >= 11 is 0. The predicted octanol–water partition coefficient (Wildman–Crippen LogP) is 2.56. The monoisotopic (exact) mass is 456 g/mol. The number of benzene rings is 1. The average molecular weight is 456 g/mol. The number of morpholine rings is 1. The third-order valence-corrected chi connectivity index (χ3v) is 4.71. The second kappa shape index (κ2) is 10.8. The highest BCUT2D eigenvalue weighted by atomic mass is 127. The fraction of sp³-hybridized carbons (Fsp3) is 0.526. The van der Waals surface area contributed by atoms with E-state index in [1.165, 1.54) is 5.56 Å². The van der Waals surface area contributed by atoms with E-state index in [0.29, 0.717) is 12.1 Å². The molecule has 1 saturated heterocycles.